The minimum atomic E-state index is -0.502. The van der Waals surface area contributed by atoms with Crippen molar-refractivity contribution in [2.24, 2.45) is 0 Å². The highest BCUT2D eigenvalue weighted by molar-refractivity contribution is 5.86. The lowest BCUT2D eigenvalue weighted by molar-refractivity contribution is 0.0593. The molecule has 0 aliphatic carbocycles. The molecule has 0 saturated heterocycles. The molecule has 0 radical (unpaired) electrons. The highest BCUT2D eigenvalue weighted by Crippen LogP contribution is 2.12. The number of aromatic nitrogens is 4. The van der Waals surface area contributed by atoms with Crippen LogP contribution in [0, 0.1) is 0 Å². The van der Waals surface area contributed by atoms with Crippen LogP contribution in [0.15, 0.2) is 24.7 Å². The van der Waals surface area contributed by atoms with Crippen molar-refractivity contribution in [2.45, 2.75) is 19.8 Å². The van der Waals surface area contributed by atoms with Gasteiger partial charge >= 0.3 is 5.97 Å². The van der Waals surface area contributed by atoms with Gasteiger partial charge in [0.05, 0.1) is 25.2 Å². The Labute approximate surface area is 105 Å². The van der Waals surface area contributed by atoms with Crippen LogP contribution >= 0.6 is 0 Å². The highest BCUT2D eigenvalue weighted by Gasteiger charge is 2.09. The van der Waals surface area contributed by atoms with Crippen molar-refractivity contribution in [2.75, 3.05) is 7.11 Å². The van der Waals surface area contributed by atoms with Gasteiger partial charge in [0, 0.05) is 6.20 Å². The van der Waals surface area contributed by atoms with E-state index in [-0.39, 0.29) is 5.69 Å². The van der Waals surface area contributed by atoms with Gasteiger partial charge in [-0.15, -0.1) is 0 Å². The first-order valence-electron chi connectivity index (χ1n) is 5.58. The second-order valence-electron chi connectivity index (χ2n) is 4.09. The zero-order chi connectivity index (χ0) is 13.1. The summed E-state index contributed by atoms with van der Waals surface area (Å²) in [6.07, 6.45) is 4.68. The molecule has 0 spiro atoms. The first kappa shape index (κ1) is 12.2. The van der Waals surface area contributed by atoms with E-state index in [0.29, 0.717) is 11.7 Å². The van der Waals surface area contributed by atoms with Crippen molar-refractivity contribution in [3.8, 4) is 5.82 Å². The SMILES string of the molecule is COC(=O)c1cnc(-n2ccc(C(C)C)n2)cn1. The minimum absolute atomic E-state index is 0.178. The Morgan fingerprint density at radius 2 is 2.11 bits per heavy atom. The molecule has 0 amide bonds. The number of methoxy groups -OCH3 is 1. The van der Waals surface area contributed by atoms with Crippen molar-refractivity contribution in [3.05, 3.63) is 36.0 Å². The fourth-order valence-corrected chi connectivity index (χ4v) is 1.42. The largest absolute Gasteiger partial charge is 0.464 e. The molecule has 0 saturated carbocycles. The molecule has 0 atom stereocenters. The molecule has 0 unspecified atom stereocenters. The van der Waals surface area contributed by atoms with Crippen molar-refractivity contribution < 1.29 is 9.53 Å². The van der Waals surface area contributed by atoms with Gasteiger partial charge < -0.3 is 4.74 Å². The highest BCUT2D eigenvalue weighted by atomic mass is 16.5. The molecule has 0 aliphatic rings. The van der Waals surface area contributed by atoms with E-state index in [2.05, 4.69) is 33.7 Å². The van der Waals surface area contributed by atoms with Crippen LogP contribution < -0.4 is 0 Å². The molecule has 0 aromatic carbocycles. The van der Waals surface area contributed by atoms with Gasteiger partial charge in [0.1, 0.15) is 0 Å². The molecular weight excluding hydrogens is 232 g/mol. The predicted molar refractivity (Wildman–Crippen MR) is 64.6 cm³/mol. The average molecular weight is 246 g/mol. The molecule has 0 aliphatic heterocycles. The Hall–Kier alpha value is -2.24. The minimum Gasteiger partial charge on any atom is -0.464 e. The lowest BCUT2D eigenvalue weighted by atomic mass is 10.1. The first-order valence-corrected chi connectivity index (χ1v) is 5.58. The molecular formula is C12H14N4O2. The van der Waals surface area contributed by atoms with Gasteiger partial charge in [-0.25, -0.2) is 19.4 Å². The molecule has 18 heavy (non-hydrogen) atoms. The van der Waals surface area contributed by atoms with E-state index in [1.54, 1.807) is 4.68 Å². The summed E-state index contributed by atoms with van der Waals surface area (Å²) in [6, 6.07) is 1.93. The Morgan fingerprint density at radius 3 is 2.61 bits per heavy atom. The number of hydrogen-bond acceptors (Lipinski definition) is 5. The fraction of sp³-hybridized carbons (Fsp3) is 0.333. The van der Waals surface area contributed by atoms with E-state index in [4.69, 9.17) is 0 Å². The topological polar surface area (TPSA) is 69.9 Å². The summed E-state index contributed by atoms with van der Waals surface area (Å²) in [7, 11) is 1.31. The molecule has 6 nitrogen and oxygen atoms in total. The summed E-state index contributed by atoms with van der Waals surface area (Å²) in [5.41, 5.74) is 1.16. The van der Waals surface area contributed by atoms with Crippen LogP contribution in [0.2, 0.25) is 0 Å². The Kier molecular flexibility index (Phi) is 3.36. The number of nitrogens with zero attached hydrogens (tertiary/aromatic N) is 4. The molecule has 0 bridgehead atoms. The molecule has 94 valence electrons. The zero-order valence-corrected chi connectivity index (χ0v) is 10.5. The molecule has 2 aromatic heterocycles. The smallest absolute Gasteiger partial charge is 0.358 e. The van der Waals surface area contributed by atoms with Crippen LogP contribution in [-0.4, -0.2) is 32.8 Å². The Morgan fingerprint density at radius 1 is 1.33 bits per heavy atom. The van der Waals surface area contributed by atoms with Gasteiger partial charge in [-0.2, -0.15) is 5.10 Å². The van der Waals surface area contributed by atoms with Gasteiger partial charge in [-0.05, 0) is 12.0 Å². The third kappa shape index (κ3) is 2.37. The molecule has 0 N–H and O–H groups in total. The van der Waals surface area contributed by atoms with Gasteiger partial charge in [0.25, 0.3) is 0 Å². The molecule has 2 rings (SSSR count). The van der Waals surface area contributed by atoms with Crippen molar-refractivity contribution in [1.29, 1.82) is 0 Å². The van der Waals surface area contributed by atoms with Gasteiger partial charge in [-0.1, -0.05) is 13.8 Å². The van der Waals surface area contributed by atoms with Gasteiger partial charge in [0.2, 0.25) is 0 Å². The maximum atomic E-state index is 11.2. The van der Waals surface area contributed by atoms with Crippen molar-refractivity contribution in [1.82, 2.24) is 19.7 Å². The Bertz CT molecular complexity index is 545. The monoisotopic (exact) mass is 246 g/mol. The second kappa shape index (κ2) is 4.95. The van der Waals surface area contributed by atoms with Crippen molar-refractivity contribution >= 4 is 5.97 Å². The summed E-state index contributed by atoms with van der Waals surface area (Å²) in [5, 5.41) is 4.37. The zero-order valence-electron chi connectivity index (χ0n) is 10.5. The molecule has 6 heteroatoms. The van der Waals surface area contributed by atoms with E-state index in [9.17, 15) is 4.79 Å². The standard InChI is InChI=1S/C12H14N4O2/c1-8(2)9-4-5-16(15-9)11-7-13-10(6-14-11)12(17)18-3/h4-8H,1-3H3. The average Bonchev–Trinajstić information content (AvgIpc) is 2.88. The lowest BCUT2D eigenvalue weighted by Crippen LogP contribution is -2.07. The van der Waals surface area contributed by atoms with Crippen LogP contribution in [0.3, 0.4) is 0 Å². The molecule has 2 aromatic rings. The number of hydrogen-bond donors (Lipinski definition) is 0. The maximum Gasteiger partial charge on any atom is 0.358 e. The summed E-state index contributed by atoms with van der Waals surface area (Å²) < 4.78 is 6.18. The second-order valence-corrected chi connectivity index (χ2v) is 4.09. The summed E-state index contributed by atoms with van der Waals surface area (Å²) in [5.74, 6) is 0.417. The van der Waals surface area contributed by atoms with E-state index >= 15 is 0 Å². The van der Waals surface area contributed by atoms with Crippen LogP contribution in [0.4, 0.5) is 0 Å². The van der Waals surface area contributed by atoms with Crippen molar-refractivity contribution in [3.63, 3.8) is 0 Å². The predicted octanol–water partition coefficient (Wildman–Crippen LogP) is 1.57. The van der Waals surface area contributed by atoms with E-state index in [1.165, 1.54) is 19.5 Å². The first-order chi connectivity index (χ1) is 8.61. The number of esters is 1. The third-order valence-electron chi connectivity index (χ3n) is 2.47. The maximum absolute atomic E-state index is 11.2. The van der Waals surface area contributed by atoms with E-state index in [1.807, 2.05) is 12.3 Å². The van der Waals surface area contributed by atoms with Crippen LogP contribution in [0.25, 0.3) is 5.82 Å². The van der Waals surface area contributed by atoms with Gasteiger partial charge in [0.15, 0.2) is 11.5 Å². The molecule has 2 heterocycles. The number of ether oxygens (including phenoxy) is 1. The van der Waals surface area contributed by atoms with Crippen LogP contribution in [0.1, 0.15) is 35.9 Å². The number of carbonyl (C=O) groups is 1. The fourth-order valence-electron chi connectivity index (χ4n) is 1.42. The van der Waals surface area contributed by atoms with Gasteiger partial charge in [-0.3, -0.25) is 0 Å². The van der Waals surface area contributed by atoms with Crippen LogP contribution in [-0.2, 0) is 4.74 Å². The summed E-state index contributed by atoms with van der Waals surface area (Å²) in [6.45, 7) is 4.14. The summed E-state index contributed by atoms with van der Waals surface area (Å²) in [4.78, 5) is 19.3. The van der Waals surface area contributed by atoms with E-state index < -0.39 is 5.97 Å². The van der Waals surface area contributed by atoms with E-state index in [0.717, 1.165) is 5.69 Å². The normalized spacial score (nSPS) is 10.7. The summed E-state index contributed by atoms with van der Waals surface area (Å²) >= 11 is 0. The lowest BCUT2D eigenvalue weighted by Gasteiger charge is -2.02. The molecule has 0 fully saturated rings. The Balaban J connectivity index is 2.25. The third-order valence-corrected chi connectivity index (χ3v) is 2.47. The van der Waals surface area contributed by atoms with Crippen LogP contribution in [0.5, 0.6) is 0 Å². The number of carbonyl (C=O) groups excluding carboxylic acids is 1. The number of rotatable bonds is 3. The quantitative estimate of drug-likeness (QED) is 0.769.